The molecule has 2 aliphatic rings. The first-order valence-corrected chi connectivity index (χ1v) is 9.17. The Bertz CT molecular complexity index is 813. The van der Waals surface area contributed by atoms with Gasteiger partial charge in [0.05, 0.1) is 13.2 Å². The normalized spacial score (nSPS) is 23.9. The summed E-state index contributed by atoms with van der Waals surface area (Å²) in [4.78, 5) is 0. The first-order chi connectivity index (χ1) is 12.1. The summed E-state index contributed by atoms with van der Waals surface area (Å²) >= 11 is 0. The van der Waals surface area contributed by atoms with Crippen LogP contribution in [0.15, 0.2) is 18.2 Å². The number of aliphatic hydroxyl groups is 2. The largest absolute Gasteiger partial charge is 0.490 e. The van der Waals surface area contributed by atoms with Crippen molar-refractivity contribution in [3.05, 3.63) is 34.9 Å². The van der Waals surface area contributed by atoms with Crippen LogP contribution in [-0.4, -0.2) is 36.6 Å². The zero-order chi connectivity index (χ0) is 17.6. The average molecular weight is 342 g/mol. The molecule has 2 atom stereocenters. The minimum Gasteiger partial charge on any atom is -0.490 e. The third-order valence-electron chi connectivity index (χ3n) is 5.91. The van der Waals surface area contributed by atoms with E-state index in [9.17, 15) is 10.2 Å². The number of ether oxygens (including phenoxy) is 2. The standard InChI is InChI=1S/C21H26O4/c1-13-4-3-5-15-16(13)20(25-11-9-23)17-14-6-7-21(2,12-14)18(17)19(15)24-10-8-22/h3-5,14,22-23H,6-12H2,1-2H3. The third-order valence-corrected chi connectivity index (χ3v) is 5.91. The average Bonchev–Trinajstić information content (AvgIpc) is 3.13. The van der Waals surface area contributed by atoms with Gasteiger partial charge in [-0.3, -0.25) is 0 Å². The van der Waals surface area contributed by atoms with Crippen molar-refractivity contribution in [1.82, 2.24) is 0 Å². The number of fused-ring (bicyclic) bond motifs is 6. The highest BCUT2D eigenvalue weighted by molar-refractivity contribution is 5.99. The van der Waals surface area contributed by atoms with Crippen LogP contribution in [0.2, 0.25) is 0 Å². The van der Waals surface area contributed by atoms with Gasteiger partial charge in [0, 0.05) is 21.9 Å². The van der Waals surface area contributed by atoms with E-state index >= 15 is 0 Å². The van der Waals surface area contributed by atoms with Gasteiger partial charge in [0.25, 0.3) is 0 Å². The Morgan fingerprint density at radius 3 is 2.56 bits per heavy atom. The molecule has 4 nitrogen and oxygen atoms in total. The summed E-state index contributed by atoms with van der Waals surface area (Å²) in [6.07, 6.45) is 3.47. The van der Waals surface area contributed by atoms with Crippen LogP contribution in [0, 0.1) is 6.92 Å². The summed E-state index contributed by atoms with van der Waals surface area (Å²) in [6.45, 7) is 5.02. The van der Waals surface area contributed by atoms with Gasteiger partial charge in [-0.05, 0) is 43.1 Å². The van der Waals surface area contributed by atoms with Gasteiger partial charge in [0.1, 0.15) is 24.7 Å². The molecule has 4 rings (SSSR count). The van der Waals surface area contributed by atoms with Crippen LogP contribution in [-0.2, 0) is 5.41 Å². The number of aryl methyl sites for hydroxylation is 1. The quantitative estimate of drug-likeness (QED) is 0.844. The summed E-state index contributed by atoms with van der Waals surface area (Å²) < 4.78 is 12.2. The Morgan fingerprint density at radius 2 is 1.84 bits per heavy atom. The van der Waals surface area contributed by atoms with Crippen molar-refractivity contribution in [2.24, 2.45) is 0 Å². The molecule has 0 amide bonds. The Kier molecular flexibility index (Phi) is 4.13. The first-order valence-electron chi connectivity index (χ1n) is 9.17. The molecule has 0 aliphatic heterocycles. The van der Waals surface area contributed by atoms with Crippen LogP contribution < -0.4 is 9.47 Å². The molecule has 0 aromatic heterocycles. The van der Waals surface area contributed by atoms with Crippen LogP contribution >= 0.6 is 0 Å². The number of aliphatic hydroxyl groups excluding tert-OH is 2. The second-order valence-corrected chi connectivity index (χ2v) is 7.59. The Morgan fingerprint density at radius 1 is 1.12 bits per heavy atom. The summed E-state index contributed by atoms with van der Waals surface area (Å²) in [7, 11) is 0. The Labute approximate surface area is 148 Å². The van der Waals surface area contributed by atoms with Crippen LogP contribution in [0.1, 0.15) is 48.8 Å². The minimum atomic E-state index is 0.00495. The predicted octanol–water partition coefficient (Wildman–Crippen LogP) is 3.43. The molecule has 0 saturated heterocycles. The molecule has 1 saturated carbocycles. The Hall–Kier alpha value is -1.78. The molecular formula is C21H26O4. The van der Waals surface area contributed by atoms with Crippen molar-refractivity contribution in [2.45, 2.75) is 44.4 Å². The lowest BCUT2D eigenvalue weighted by Crippen LogP contribution is -2.19. The molecule has 25 heavy (non-hydrogen) atoms. The molecule has 134 valence electrons. The molecule has 2 aromatic carbocycles. The minimum absolute atomic E-state index is 0.00495. The molecule has 2 aliphatic carbocycles. The maximum atomic E-state index is 9.29. The van der Waals surface area contributed by atoms with E-state index in [1.54, 1.807) is 0 Å². The van der Waals surface area contributed by atoms with Crippen LogP contribution in [0.3, 0.4) is 0 Å². The van der Waals surface area contributed by atoms with E-state index in [2.05, 4.69) is 26.0 Å². The van der Waals surface area contributed by atoms with E-state index < -0.39 is 0 Å². The molecule has 2 unspecified atom stereocenters. The van der Waals surface area contributed by atoms with E-state index in [0.29, 0.717) is 19.1 Å². The number of benzene rings is 2. The van der Waals surface area contributed by atoms with Gasteiger partial charge in [0.15, 0.2) is 0 Å². The fourth-order valence-electron chi connectivity index (χ4n) is 4.96. The smallest absolute Gasteiger partial charge is 0.131 e. The molecule has 0 radical (unpaired) electrons. The lowest BCUT2D eigenvalue weighted by Gasteiger charge is -2.30. The van der Waals surface area contributed by atoms with Gasteiger partial charge in [-0.1, -0.05) is 25.1 Å². The Balaban J connectivity index is 2.05. The lowest BCUT2D eigenvalue weighted by atomic mass is 9.78. The molecule has 2 bridgehead atoms. The molecule has 0 spiro atoms. The number of rotatable bonds is 6. The second kappa shape index (κ2) is 6.19. The van der Waals surface area contributed by atoms with Crippen molar-refractivity contribution >= 4 is 10.8 Å². The molecule has 2 N–H and O–H groups in total. The van der Waals surface area contributed by atoms with Crippen molar-refractivity contribution in [3.63, 3.8) is 0 Å². The summed E-state index contributed by atoms with van der Waals surface area (Å²) in [6, 6.07) is 6.21. The van der Waals surface area contributed by atoms with Gasteiger partial charge in [0.2, 0.25) is 0 Å². The van der Waals surface area contributed by atoms with E-state index in [1.165, 1.54) is 17.5 Å². The van der Waals surface area contributed by atoms with Gasteiger partial charge in [-0.2, -0.15) is 0 Å². The molecule has 4 heteroatoms. The van der Waals surface area contributed by atoms with Gasteiger partial charge in [-0.15, -0.1) is 0 Å². The SMILES string of the molecule is Cc1cccc2c(OCCO)c3c(c(OCCO)c12)C1CCC3(C)C1. The third kappa shape index (κ3) is 2.42. The molecular weight excluding hydrogens is 316 g/mol. The van der Waals surface area contributed by atoms with Crippen molar-refractivity contribution in [2.75, 3.05) is 26.4 Å². The summed E-state index contributed by atoms with van der Waals surface area (Å²) in [5.41, 5.74) is 3.80. The lowest BCUT2D eigenvalue weighted by molar-refractivity contribution is 0.197. The topological polar surface area (TPSA) is 58.9 Å². The highest BCUT2D eigenvalue weighted by atomic mass is 16.5. The van der Waals surface area contributed by atoms with Crippen LogP contribution in [0.4, 0.5) is 0 Å². The van der Waals surface area contributed by atoms with E-state index in [1.807, 2.05) is 6.07 Å². The van der Waals surface area contributed by atoms with Crippen molar-refractivity contribution in [3.8, 4) is 11.5 Å². The number of hydrogen-bond donors (Lipinski definition) is 2. The van der Waals surface area contributed by atoms with Crippen LogP contribution in [0.25, 0.3) is 10.8 Å². The monoisotopic (exact) mass is 342 g/mol. The van der Waals surface area contributed by atoms with Crippen molar-refractivity contribution in [1.29, 1.82) is 0 Å². The maximum Gasteiger partial charge on any atom is 0.131 e. The van der Waals surface area contributed by atoms with E-state index in [4.69, 9.17) is 9.47 Å². The maximum absolute atomic E-state index is 9.29. The first kappa shape index (κ1) is 16.7. The molecule has 0 heterocycles. The van der Waals surface area contributed by atoms with E-state index in [0.717, 1.165) is 40.7 Å². The number of hydrogen-bond acceptors (Lipinski definition) is 4. The summed E-state index contributed by atoms with van der Waals surface area (Å²) in [5.74, 6) is 2.35. The van der Waals surface area contributed by atoms with Gasteiger partial charge < -0.3 is 19.7 Å². The van der Waals surface area contributed by atoms with Gasteiger partial charge >= 0.3 is 0 Å². The summed E-state index contributed by atoms with van der Waals surface area (Å²) in [5, 5.41) is 20.7. The molecule has 2 aromatic rings. The van der Waals surface area contributed by atoms with Crippen molar-refractivity contribution < 1.29 is 19.7 Å². The fraction of sp³-hybridized carbons (Fsp3) is 0.524. The van der Waals surface area contributed by atoms with Gasteiger partial charge in [-0.25, -0.2) is 0 Å². The highest BCUT2D eigenvalue weighted by Gasteiger charge is 2.50. The highest BCUT2D eigenvalue weighted by Crippen LogP contribution is 2.64. The predicted molar refractivity (Wildman–Crippen MR) is 97.8 cm³/mol. The molecule has 1 fully saturated rings. The fourth-order valence-corrected chi connectivity index (χ4v) is 4.96. The zero-order valence-electron chi connectivity index (χ0n) is 15.0. The zero-order valence-corrected chi connectivity index (χ0v) is 15.0. The van der Waals surface area contributed by atoms with E-state index in [-0.39, 0.29) is 18.6 Å². The van der Waals surface area contributed by atoms with Crippen LogP contribution in [0.5, 0.6) is 11.5 Å². The second-order valence-electron chi connectivity index (χ2n) is 7.59.